The predicted molar refractivity (Wildman–Crippen MR) is 108 cm³/mol. The molecule has 0 fully saturated rings. The van der Waals surface area contributed by atoms with E-state index in [-0.39, 0.29) is 30.7 Å². The fourth-order valence-electron chi connectivity index (χ4n) is 3.95. The van der Waals surface area contributed by atoms with Crippen LogP contribution in [0.1, 0.15) is 45.3 Å². The highest BCUT2D eigenvalue weighted by atomic mass is 16.5. The van der Waals surface area contributed by atoms with Crippen molar-refractivity contribution in [3.8, 4) is 0 Å². The minimum atomic E-state index is -0.526. The molecule has 7 nitrogen and oxygen atoms in total. The number of fused-ring (bicyclic) bond motifs is 5. The first-order valence-electron chi connectivity index (χ1n) is 9.71. The van der Waals surface area contributed by atoms with Gasteiger partial charge in [-0.05, 0) is 24.6 Å². The Kier molecular flexibility index (Phi) is 5.31. The van der Waals surface area contributed by atoms with Crippen LogP contribution in [0.3, 0.4) is 0 Å². The molecule has 1 atom stereocenters. The maximum absolute atomic E-state index is 13.2. The quantitative estimate of drug-likeness (QED) is 0.733. The molecular formula is C22H23N3O4. The van der Waals surface area contributed by atoms with E-state index >= 15 is 0 Å². The van der Waals surface area contributed by atoms with E-state index in [2.05, 4.69) is 5.32 Å². The third-order valence-corrected chi connectivity index (χ3v) is 5.31. The molecule has 0 radical (unpaired) electrons. The first-order valence-corrected chi connectivity index (χ1v) is 9.71. The van der Waals surface area contributed by atoms with E-state index in [1.807, 2.05) is 24.3 Å². The van der Waals surface area contributed by atoms with E-state index < -0.39 is 6.17 Å². The summed E-state index contributed by atoms with van der Waals surface area (Å²) in [6.45, 7) is 1.34. The molecule has 2 aliphatic rings. The Morgan fingerprint density at radius 2 is 1.76 bits per heavy atom. The third-order valence-electron chi connectivity index (χ3n) is 5.31. The number of anilines is 1. The lowest BCUT2D eigenvalue weighted by Gasteiger charge is -2.40. The zero-order valence-corrected chi connectivity index (χ0v) is 16.3. The Morgan fingerprint density at radius 3 is 2.55 bits per heavy atom. The molecule has 1 N–H and O–H groups in total. The van der Waals surface area contributed by atoms with Crippen molar-refractivity contribution in [2.24, 2.45) is 0 Å². The summed E-state index contributed by atoms with van der Waals surface area (Å²) in [5.41, 5.74) is 2.48. The van der Waals surface area contributed by atoms with Gasteiger partial charge in [0.25, 0.3) is 11.8 Å². The van der Waals surface area contributed by atoms with E-state index in [1.54, 1.807) is 41.2 Å². The average Bonchev–Trinajstić information content (AvgIpc) is 3.04. The highest BCUT2D eigenvalue weighted by Crippen LogP contribution is 2.45. The number of nitrogens with one attached hydrogen (secondary N) is 1. The second-order valence-electron chi connectivity index (χ2n) is 7.10. The second kappa shape index (κ2) is 8.05. The summed E-state index contributed by atoms with van der Waals surface area (Å²) in [4.78, 5) is 41.8. The maximum atomic E-state index is 13.2. The highest BCUT2D eigenvalue weighted by molar-refractivity contribution is 6.16. The van der Waals surface area contributed by atoms with E-state index in [4.69, 9.17) is 4.74 Å². The lowest BCUT2D eigenvalue weighted by atomic mass is 10.0. The highest BCUT2D eigenvalue weighted by Gasteiger charge is 2.47. The SMILES string of the molecule is COCCCNC(=O)CCN1C(=O)c2ccccc2N2C(=O)c3ccccc3C12. The largest absolute Gasteiger partial charge is 0.385 e. The summed E-state index contributed by atoms with van der Waals surface area (Å²) < 4.78 is 4.98. The second-order valence-corrected chi connectivity index (χ2v) is 7.10. The summed E-state index contributed by atoms with van der Waals surface area (Å²) in [5.74, 6) is -0.421. The number of rotatable bonds is 7. The normalized spacial score (nSPS) is 17.1. The van der Waals surface area contributed by atoms with Crippen molar-refractivity contribution in [1.29, 1.82) is 0 Å². The Bertz CT molecular complexity index is 959. The van der Waals surface area contributed by atoms with Gasteiger partial charge < -0.3 is 15.0 Å². The molecule has 3 amide bonds. The van der Waals surface area contributed by atoms with Crippen LogP contribution in [-0.4, -0.2) is 49.4 Å². The van der Waals surface area contributed by atoms with Crippen molar-refractivity contribution in [3.05, 3.63) is 65.2 Å². The van der Waals surface area contributed by atoms with Crippen molar-refractivity contribution in [2.75, 3.05) is 31.7 Å². The molecular weight excluding hydrogens is 370 g/mol. The Hall–Kier alpha value is -3.19. The van der Waals surface area contributed by atoms with Gasteiger partial charge >= 0.3 is 0 Å². The van der Waals surface area contributed by atoms with Crippen LogP contribution in [0.4, 0.5) is 5.69 Å². The van der Waals surface area contributed by atoms with Gasteiger partial charge in [0, 0.05) is 44.4 Å². The van der Waals surface area contributed by atoms with Crippen molar-refractivity contribution >= 4 is 23.4 Å². The number of hydrogen-bond donors (Lipinski definition) is 1. The van der Waals surface area contributed by atoms with Gasteiger partial charge in [-0.25, -0.2) is 0 Å². The average molecular weight is 393 g/mol. The van der Waals surface area contributed by atoms with Crippen LogP contribution in [0.2, 0.25) is 0 Å². The van der Waals surface area contributed by atoms with E-state index in [1.165, 1.54) is 0 Å². The molecule has 2 aromatic rings. The van der Waals surface area contributed by atoms with Crippen molar-refractivity contribution in [2.45, 2.75) is 19.0 Å². The molecule has 1 unspecified atom stereocenters. The van der Waals surface area contributed by atoms with E-state index in [9.17, 15) is 14.4 Å². The minimum Gasteiger partial charge on any atom is -0.385 e. The maximum Gasteiger partial charge on any atom is 0.260 e. The minimum absolute atomic E-state index is 0.125. The lowest BCUT2D eigenvalue weighted by molar-refractivity contribution is -0.121. The van der Waals surface area contributed by atoms with Gasteiger partial charge in [-0.2, -0.15) is 0 Å². The zero-order valence-electron chi connectivity index (χ0n) is 16.3. The molecule has 0 saturated carbocycles. The first kappa shape index (κ1) is 19.1. The van der Waals surface area contributed by atoms with Gasteiger partial charge in [-0.3, -0.25) is 19.3 Å². The summed E-state index contributed by atoms with van der Waals surface area (Å²) in [5, 5.41) is 2.84. The third kappa shape index (κ3) is 3.38. The van der Waals surface area contributed by atoms with Gasteiger partial charge in [-0.1, -0.05) is 30.3 Å². The van der Waals surface area contributed by atoms with Gasteiger partial charge in [-0.15, -0.1) is 0 Å². The van der Waals surface area contributed by atoms with Crippen molar-refractivity contribution in [1.82, 2.24) is 10.2 Å². The summed E-state index contributed by atoms with van der Waals surface area (Å²) in [7, 11) is 1.62. The summed E-state index contributed by atoms with van der Waals surface area (Å²) in [6.07, 6.45) is 0.375. The molecule has 0 bridgehead atoms. The molecule has 0 aromatic heterocycles. The monoisotopic (exact) mass is 393 g/mol. The molecule has 7 heteroatoms. The topological polar surface area (TPSA) is 79.0 Å². The number of para-hydroxylation sites is 1. The summed E-state index contributed by atoms with van der Waals surface area (Å²) >= 11 is 0. The predicted octanol–water partition coefficient (Wildman–Crippen LogP) is 2.34. The van der Waals surface area contributed by atoms with Crippen LogP contribution >= 0.6 is 0 Å². The van der Waals surface area contributed by atoms with Crippen LogP contribution in [0.5, 0.6) is 0 Å². The Balaban J connectivity index is 1.59. The fraction of sp³-hybridized carbons (Fsp3) is 0.318. The number of nitrogens with zero attached hydrogens (tertiary/aromatic N) is 2. The van der Waals surface area contributed by atoms with Gasteiger partial charge in [0.15, 0.2) is 0 Å². The van der Waals surface area contributed by atoms with E-state index in [0.29, 0.717) is 30.0 Å². The lowest BCUT2D eigenvalue weighted by Crippen LogP contribution is -2.49. The fourth-order valence-corrected chi connectivity index (χ4v) is 3.95. The smallest absolute Gasteiger partial charge is 0.260 e. The number of hydrogen-bond acceptors (Lipinski definition) is 4. The molecule has 150 valence electrons. The zero-order chi connectivity index (χ0) is 20.4. The Labute approximate surface area is 169 Å². The molecule has 0 saturated heterocycles. The Morgan fingerprint density at radius 1 is 1.03 bits per heavy atom. The molecule has 4 rings (SSSR count). The van der Waals surface area contributed by atoms with Gasteiger partial charge in [0.05, 0.1) is 11.3 Å². The van der Waals surface area contributed by atoms with Crippen LogP contribution in [0.25, 0.3) is 0 Å². The number of amides is 3. The number of methoxy groups -OCH3 is 1. The van der Waals surface area contributed by atoms with Gasteiger partial charge in [0.2, 0.25) is 5.91 Å². The van der Waals surface area contributed by atoms with Crippen LogP contribution in [0, 0.1) is 0 Å². The van der Waals surface area contributed by atoms with Crippen LogP contribution in [-0.2, 0) is 9.53 Å². The van der Waals surface area contributed by atoms with Crippen molar-refractivity contribution in [3.63, 3.8) is 0 Å². The van der Waals surface area contributed by atoms with Crippen molar-refractivity contribution < 1.29 is 19.1 Å². The molecule has 0 aliphatic carbocycles. The molecule has 0 spiro atoms. The first-order chi connectivity index (χ1) is 14.1. The number of ether oxygens (including phenoxy) is 1. The number of benzene rings is 2. The number of carbonyl (C=O) groups is 3. The van der Waals surface area contributed by atoms with Crippen LogP contribution in [0.15, 0.2) is 48.5 Å². The van der Waals surface area contributed by atoms with Gasteiger partial charge in [0.1, 0.15) is 6.17 Å². The van der Waals surface area contributed by atoms with Crippen LogP contribution < -0.4 is 10.2 Å². The van der Waals surface area contributed by atoms with E-state index in [0.717, 1.165) is 12.0 Å². The standard InChI is InChI=1S/C22H23N3O4/c1-29-14-6-12-23-19(26)11-13-24-20-15-7-2-3-8-16(15)22(28)25(20)18-10-5-4-9-17(18)21(24)27/h2-5,7-10,20H,6,11-14H2,1H3,(H,23,26). The molecule has 2 heterocycles. The summed E-state index contributed by atoms with van der Waals surface area (Å²) in [6, 6.07) is 14.5. The molecule has 29 heavy (non-hydrogen) atoms. The molecule has 2 aliphatic heterocycles. The number of carbonyl (C=O) groups excluding carboxylic acids is 3. The molecule has 2 aromatic carbocycles.